The summed E-state index contributed by atoms with van der Waals surface area (Å²) in [6.45, 7) is 0. The maximum Gasteiger partial charge on any atom is 0.0598 e. The monoisotopic (exact) mass is 304 g/mol. The van der Waals surface area contributed by atoms with E-state index < -0.39 is 0 Å². The third-order valence-electron chi connectivity index (χ3n) is 2.42. The summed E-state index contributed by atoms with van der Waals surface area (Å²) in [6.07, 6.45) is 0. The molecule has 0 aliphatic carbocycles. The summed E-state index contributed by atoms with van der Waals surface area (Å²) in [5.41, 5.74) is 2.84. The highest BCUT2D eigenvalue weighted by molar-refractivity contribution is 6.42. The Kier molecular flexibility index (Phi) is 4.22. The zero-order chi connectivity index (χ0) is 12.4. The molecule has 0 aliphatic rings. The van der Waals surface area contributed by atoms with Crippen molar-refractivity contribution in [3.8, 4) is 11.1 Å². The molecular weight excluding hydrogens is 298 g/mol. The molecule has 0 amide bonds. The number of rotatable bonds is 2. The highest BCUT2D eigenvalue weighted by atomic mass is 35.5. The first-order chi connectivity index (χ1) is 8.11. The molecular formula is C13H8Cl4. The molecule has 0 nitrogen and oxygen atoms in total. The van der Waals surface area contributed by atoms with E-state index in [9.17, 15) is 0 Å². The topological polar surface area (TPSA) is 0 Å². The molecule has 0 bridgehead atoms. The highest BCUT2D eigenvalue weighted by Crippen LogP contribution is 2.33. The molecule has 88 valence electrons. The second-order valence-corrected chi connectivity index (χ2v) is 5.07. The summed E-state index contributed by atoms with van der Waals surface area (Å²) in [6, 6.07) is 11.1. The molecule has 0 fully saturated rings. The Morgan fingerprint density at radius 1 is 0.765 bits per heavy atom. The second-order valence-electron chi connectivity index (χ2n) is 3.58. The fourth-order valence-corrected chi connectivity index (χ4v) is 2.23. The van der Waals surface area contributed by atoms with Gasteiger partial charge in [0, 0.05) is 16.5 Å². The lowest BCUT2D eigenvalue weighted by atomic mass is 10.0. The largest absolute Gasteiger partial charge is 0.122 e. The molecule has 0 saturated carbocycles. The van der Waals surface area contributed by atoms with Crippen LogP contribution in [0.4, 0.5) is 0 Å². The van der Waals surface area contributed by atoms with Crippen LogP contribution in [0.1, 0.15) is 5.56 Å². The van der Waals surface area contributed by atoms with Gasteiger partial charge in [-0.25, -0.2) is 0 Å². The quantitative estimate of drug-likeness (QED) is 0.592. The predicted molar refractivity (Wildman–Crippen MR) is 76.5 cm³/mol. The van der Waals surface area contributed by atoms with Crippen LogP contribution >= 0.6 is 46.4 Å². The first-order valence-corrected chi connectivity index (χ1v) is 6.58. The number of hydrogen-bond donors (Lipinski definition) is 0. The van der Waals surface area contributed by atoms with Gasteiger partial charge in [0.1, 0.15) is 0 Å². The van der Waals surface area contributed by atoms with Gasteiger partial charge in [-0.3, -0.25) is 0 Å². The van der Waals surface area contributed by atoms with Crippen LogP contribution in [0.5, 0.6) is 0 Å². The minimum absolute atomic E-state index is 0.450. The Balaban J connectivity index is 2.55. The van der Waals surface area contributed by atoms with E-state index in [2.05, 4.69) is 0 Å². The molecule has 4 heteroatoms. The molecule has 0 saturated heterocycles. The summed E-state index contributed by atoms with van der Waals surface area (Å²) in [5.74, 6) is 0.450. The SMILES string of the molecule is ClCc1ccc(Cl)c(-c2ccc(Cl)c(Cl)c2)c1. The zero-order valence-electron chi connectivity index (χ0n) is 8.68. The van der Waals surface area contributed by atoms with Crippen LogP contribution in [0.25, 0.3) is 11.1 Å². The smallest absolute Gasteiger partial charge is 0.0598 e. The molecule has 2 aromatic carbocycles. The van der Waals surface area contributed by atoms with Gasteiger partial charge in [0.25, 0.3) is 0 Å². The summed E-state index contributed by atoms with van der Waals surface area (Å²) >= 11 is 23.8. The van der Waals surface area contributed by atoms with E-state index in [0.29, 0.717) is 20.9 Å². The zero-order valence-corrected chi connectivity index (χ0v) is 11.7. The summed E-state index contributed by atoms with van der Waals surface area (Å²) in [5, 5.41) is 1.70. The number of halogens is 4. The molecule has 0 aromatic heterocycles. The van der Waals surface area contributed by atoms with E-state index >= 15 is 0 Å². The molecule has 0 radical (unpaired) electrons. The third kappa shape index (κ3) is 2.89. The highest BCUT2D eigenvalue weighted by Gasteiger charge is 2.07. The number of hydrogen-bond acceptors (Lipinski definition) is 0. The van der Waals surface area contributed by atoms with Crippen molar-refractivity contribution in [2.45, 2.75) is 5.88 Å². The van der Waals surface area contributed by atoms with Crippen LogP contribution in [0.15, 0.2) is 36.4 Å². The van der Waals surface area contributed by atoms with Crippen molar-refractivity contribution in [1.82, 2.24) is 0 Å². The first kappa shape index (κ1) is 13.0. The van der Waals surface area contributed by atoms with Crippen LogP contribution in [0, 0.1) is 0 Å². The molecule has 0 atom stereocenters. The van der Waals surface area contributed by atoms with Crippen molar-refractivity contribution in [2.24, 2.45) is 0 Å². The van der Waals surface area contributed by atoms with Gasteiger partial charge in [-0.1, -0.05) is 46.9 Å². The van der Waals surface area contributed by atoms with Crippen LogP contribution in [-0.2, 0) is 5.88 Å². The van der Waals surface area contributed by atoms with Crippen molar-refractivity contribution >= 4 is 46.4 Å². The summed E-state index contributed by atoms with van der Waals surface area (Å²) in [7, 11) is 0. The lowest BCUT2D eigenvalue weighted by molar-refractivity contribution is 1.40. The van der Waals surface area contributed by atoms with E-state index in [0.717, 1.165) is 16.7 Å². The van der Waals surface area contributed by atoms with Gasteiger partial charge in [0.05, 0.1) is 10.0 Å². The van der Waals surface area contributed by atoms with Crippen molar-refractivity contribution in [1.29, 1.82) is 0 Å². The Hall–Kier alpha value is -0.400. The maximum atomic E-state index is 6.16. The van der Waals surface area contributed by atoms with Crippen LogP contribution in [0.3, 0.4) is 0 Å². The van der Waals surface area contributed by atoms with E-state index in [1.165, 1.54) is 0 Å². The molecule has 0 heterocycles. The lowest BCUT2D eigenvalue weighted by Gasteiger charge is -2.07. The average Bonchev–Trinajstić information content (AvgIpc) is 2.33. The van der Waals surface area contributed by atoms with Gasteiger partial charge >= 0.3 is 0 Å². The Morgan fingerprint density at radius 2 is 1.47 bits per heavy atom. The van der Waals surface area contributed by atoms with Gasteiger partial charge < -0.3 is 0 Å². The predicted octanol–water partition coefficient (Wildman–Crippen LogP) is 6.05. The van der Waals surface area contributed by atoms with Gasteiger partial charge in [0.15, 0.2) is 0 Å². The first-order valence-electron chi connectivity index (χ1n) is 4.91. The maximum absolute atomic E-state index is 6.16. The number of benzene rings is 2. The van der Waals surface area contributed by atoms with Gasteiger partial charge in [-0.2, -0.15) is 0 Å². The summed E-state index contributed by atoms with van der Waals surface area (Å²) in [4.78, 5) is 0. The van der Waals surface area contributed by atoms with E-state index in [1.807, 2.05) is 24.3 Å². The Labute approximate surface area is 120 Å². The molecule has 0 unspecified atom stereocenters. The molecule has 2 rings (SSSR count). The Morgan fingerprint density at radius 3 is 2.12 bits per heavy atom. The van der Waals surface area contributed by atoms with E-state index in [1.54, 1.807) is 12.1 Å². The number of alkyl halides is 1. The third-order valence-corrected chi connectivity index (χ3v) is 3.79. The minimum atomic E-state index is 0.450. The fourth-order valence-electron chi connectivity index (χ4n) is 1.54. The van der Waals surface area contributed by atoms with Crippen molar-refractivity contribution in [2.75, 3.05) is 0 Å². The van der Waals surface area contributed by atoms with Crippen molar-refractivity contribution in [3.63, 3.8) is 0 Å². The standard InChI is InChI=1S/C13H8Cl4/c14-7-8-1-3-11(15)10(5-8)9-2-4-12(16)13(17)6-9/h1-6H,7H2. The van der Waals surface area contributed by atoms with Crippen molar-refractivity contribution in [3.05, 3.63) is 57.0 Å². The molecule has 2 aromatic rings. The fraction of sp³-hybridized carbons (Fsp3) is 0.0769. The van der Waals surface area contributed by atoms with Crippen molar-refractivity contribution < 1.29 is 0 Å². The normalized spacial score (nSPS) is 10.6. The van der Waals surface area contributed by atoms with Gasteiger partial charge in [-0.05, 0) is 35.4 Å². The minimum Gasteiger partial charge on any atom is -0.122 e. The molecule has 0 spiro atoms. The van der Waals surface area contributed by atoms with Crippen LogP contribution in [0.2, 0.25) is 15.1 Å². The van der Waals surface area contributed by atoms with E-state index in [-0.39, 0.29) is 0 Å². The Bertz CT molecular complexity index is 549. The second kappa shape index (κ2) is 5.49. The summed E-state index contributed by atoms with van der Waals surface area (Å²) < 4.78 is 0. The van der Waals surface area contributed by atoms with E-state index in [4.69, 9.17) is 46.4 Å². The van der Waals surface area contributed by atoms with Gasteiger partial charge in [-0.15, -0.1) is 11.6 Å². The molecule has 0 N–H and O–H groups in total. The average molecular weight is 306 g/mol. The van der Waals surface area contributed by atoms with Crippen LogP contribution < -0.4 is 0 Å². The molecule has 17 heavy (non-hydrogen) atoms. The molecule has 0 aliphatic heterocycles. The lowest BCUT2D eigenvalue weighted by Crippen LogP contribution is -1.84. The van der Waals surface area contributed by atoms with Crippen LogP contribution in [-0.4, -0.2) is 0 Å². The van der Waals surface area contributed by atoms with Gasteiger partial charge in [0.2, 0.25) is 0 Å².